The number of para-hydroxylation sites is 1. The zero-order valence-corrected chi connectivity index (χ0v) is 14.8. The number of halogens is 2. The predicted octanol–water partition coefficient (Wildman–Crippen LogP) is 4.96. The van der Waals surface area contributed by atoms with Gasteiger partial charge in [-0.3, -0.25) is 4.79 Å². The van der Waals surface area contributed by atoms with E-state index in [2.05, 4.69) is 9.97 Å². The highest BCUT2D eigenvalue weighted by atomic mass is 35.5. The summed E-state index contributed by atoms with van der Waals surface area (Å²) in [6, 6.07) is 18.5. The number of H-pyrrole nitrogens is 1. The lowest BCUT2D eigenvalue weighted by molar-refractivity contribution is 0.301. The van der Waals surface area contributed by atoms with E-state index in [1.165, 1.54) is 6.07 Å². The molecule has 0 bridgehead atoms. The van der Waals surface area contributed by atoms with E-state index in [1.807, 2.05) is 6.07 Å². The molecule has 1 heterocycles. The number of aromatic amines is 1. The largest absolute Gasteiger partial charge is 0.488 e. The molecule has 0 unspecified atom stereocenters. The van der Waals surface area contributed by atoms with E-state index >= 15 is 0 Å². The van der Waals surface area contributed by atoms with Crippen LogP contribution in [-0.2, 0) is 6.61 Å². The van der Waals surface area contributed by atoms with Crippen LogP contribution in [0, 0.1) is 5.82 Å². The fourth-order valence-corrected chi connectivity index (χ4v) is 2.97. The van der Waals surface area contributed by atoms with Gasteiger partial charge in [-0.2, -0.15) is 0 Å². The van der Waals surface area contributed by atoms with Crippen molar-refractivity contribution < 1.29 is 9.13 Å². The first-order chi connectivity index (χ1) is 13.1. The minimum Gasteiger partial charge on any atom is -0.488 e. The van der Waals surface area contributed by atoms with E-state index < -0.39 is 0 Å². The van der Waals surface area contributed by atoms with Crippen molar-refractivity contribution in [2.24, 2.45) is 0 Å². The van der Waals surface area contributed by atoms with Crippen LogP contribution in [0.2, 0.25) is 5.02 Å². The van der Waals surface area contributed by atoms with Crippen molar-refractivity contribution in [2.75, 3.05) is 0 Å². The van der Waals surface area contributed by atoms with Crippen LogP contribution < -0.4 is 10.3 Å². The third kappa shape index (κ3) is 3.55. The van der Waals surface area contributed by atoms with E-state index in [0.29, 0.717) is 38.6 Å². The molecule has 4 rings (SSSR count). The number of nitrogens with one attached hydrogen (secondary N) is 1. The lowest BCUT2D eigenvalue weighted by atomic mass is 10.1. The molecule has 0 amide bonds. The highest BCUT2D eigenvalue weighted by molar-refractivity contribution is 6.30. The van der Waals surface area contributed by atoms with Gasteiger partial charge in [0.2, 0.25) is 0 Å². The summed E-state index contributed by atoms with van der Waals surface area (Å²) in [5.74, 6) is 0.441. The average molecular weight is 381 g/mol. The Labute approximate surface area is 159 Å². The molecule has 6 heteroatoms. The summed E-state index contributed by atoms with van der Waals surface area (Å²) in [4.78, 5) is 19.7. The molecule has 0 spiro atoms. The Hall–Kier alpha value is -3.18. The number of ether oxygens (including phenoxy) is 1. The summed E-state index contributed by atoms with van der Waals surface area (Å²) < 4.78 is 19.7. The van der Waals surface area contributed by atoms with Crippen LogP contribution in [0.4, 0.5) is 4.39 Å². The number of aromatic nitrogens is 2. The van der Waals surface area contributed by atoms with Crippen molar-refractivity contribution in [3.8, 4) is 17.1 Å². The van der Waals surface area contributed by atoms with Gasteiger partial charge in [0, 0.05) is 10.6 Å². The van der Waals surface area contributed by atoms with Gasteiger partial charge >= 0.3 is 0 Å². The lowest BCUT2D eigenvalue weighted by Gasteiger charge is -2.12. The third-order valence-electron chi connectivity index (χ3n) is 4.15. The second-order valence-electron chi connectivity index (χ2n) is 5.95. The van der Waals surface area contributed by atoms with Crippen LogP contribution >= 0.6 is 11.6 Å². The zero-order valence-electron chi connectivity index (χ0n) is 14.1. The summed E-state index contributed by atoms with van der Waals surface area (Å²) in [7, 11) is 0. The maximum absolute atomic E-state index is 13.8. The second kappa shape index (κ2) is 7.21. The topological polar surface area (TPSA) is 55.0 Å². The molecule has 0 aliphatic heterocycles. The summed E-state index contributed by atoms with van der Waals surface area (Å²) in [6.45, 7) is 0.0408. The van der Waals surface area contributed by atoms with Gasteiger partial charge in [-0.15, -0.1) is 0 Å². The summed E-state index contributed by atoms with van der Waals surface area (Å²) in [5, 5.41) is 0.969. The van der Waals surface area contributed by atoms with Crippen LogP contribution in [-0.4, -0.2) is 9.97 Å². The fourth-order valence-electron chi connectivity index (χ4n) is 2.80. The molecule has 0 atom stereocenters. The molecule has 0 aliphatic rings. The van der Waals surface area contributed by atoms with Crippen molar-refractivity contribution in [3.63, 3.8) is 0 Å². The van der Waals surface area contributed by atoms with E-state index in [4.69, 9.17) is 16.3 Å². The van der Waals surface area contributed by atoms with Crippen LogP contribution in [0.5, 0.6) is 5.75 Å². The summed E-state index contributed by atoms with van der Waals surface area (Å²) in [5.41, 5.74) is 1.27. The number of rotatable bonds is 4. The molecular formula is C21H14ClFN2O2. The van der Waals surface area contributed by atoms with Gasteiger partial charge in [0.05, 0.1) is 16.5 Å². The quantitative estimate of drug-likeness (QED) is 0.544. The number of nitrogens with zero attached hydrogens (tertiary/aromatic N) is 1. The van der Waals surface area contributed by atoms with Gasteiger partial charge in [-0.05, 0) is 36.4 Å². The second-order valence-corrected chi connectivity index (χ2v) is 6.39. The van der Waals surface area contributed by atoms with Gasteiger partial charge in [0.1, 0.15) is 24.0 Å². The van der Waals surface area contributed by atoms with E-state index in [9.17, 15) is 9.18 Å². The van der Waals surface area contributed by atoms with Gasteiger partial charge in [-0.1, -0.05) is 41.9 Å². The number of fused-ring (bicyclic) bond motifs is 1. The molecule has 0 radical (unpaired) electrons. The van der Waals surface area contributed by atoms with Crippen molar-refractivity contribution in [1.82, 2.24) is 9.97 Å². The van der Waals surface area contributed by atoms with Crippen molar-refractivity contribution in [2.45, 2.75) is 6.61 Å². The first-order valence-electron chi connectivity index (χ1n) is 8.27. The summed E-state index contributed by atoms with van der Waals surface area (Å²) in [6.07, 6.45) is 0. The average Bonchev–Trinajstić information content (AvgIpc) is 2.68. The highest BCUT2D eigenvalue weighted by Gasteiger charge is 2.13. The molecule has 1 aromatic heterocycles. The molecule has 4 aromatic rings. The minimum atomic E-state index is -0.342. The Balaban J connectivity index is 1.76. The Morgan fingerprint density at radius 3 is 2.67 bits per heavy atom. The van der Waals surface area contributed by atoms with Crippen molar-refractivity contribution in [3.05, 3.63) is 93.5 Å². The Bertz CT molecular complexity index is 1190. The van der Waals surface area contributed by atoms with E-state index in [0.717, 1.165) is 0 Å². The number of hydrogen-bond donors (Lipinski definition) is 1. The maximum Gasteiger partial charge on any atom is 0.259 e. The molecular weight excluding hydrogens is 367 g/mol. The molecule has 1 N–H and O–H groups in total. The molecule has 3 aromatic carbocycles. The molecule has 4 nitrogen and oxygen atoms in total. The van der Waals surface area contributed by atoms with Crippen LogP contribution in [0.15, 0.2) is 71.5 Å². The van der Waals surface area contributed by atoms with Crippen molar-refractivity contribution in [1.29, 1.82) is 0 Å². The van der Waals surface area contributed by atoms with Gasteiger partial charge in [0.25, 0.3) is 5.56 Å². The fraction of sp³-hybridized carbons (Fsp3) is 0.0476. The Morgan fingerprint density at radius 2 is 1.81 bits per heavy atom. The number of hydrogen-bond acceptors (Lipinski definition) is 3. The maximum atomic E-state index is 13.8. The third-order valence-corrected chi connectivity index (χ3v) is 4.39. The smallest absolute Gasteiger partial charge is 0.259 e. The minimum absolute atomic E-state index is 0.0408. The van der Waals surface area contributed by atoms with Crippen LogP contribution in [0.25, 0.3) is 22.3 Å². The lowest BCUT2D eigenvalue weighted by Crippen LogP contribution is -2.10. The monoisotopic (exact) mass is 380 g/mol. The van der Waals surface area contributed by atoms with Crippen LogP contribution in [0.3, 0.4) is 0 Å². The van der Waals surface area contributed by atoms with Gasteiger partial charge in [-0.25, -0.2) is 9.37 Å². The molecule has 0 saturated heterocycles. The molecule has 0 saturated carbocycles. The van der Waals surface area contributed by atoms with Crippen LogP contribution in [0.1, 0.15) is 5.56 Å². The molecule has 134 valence electrons. The van der Waals surface area contributed by atoms with Gasteiger partial charge in [0.15, 0.2) is 0 Å². The highest BCUT2D eigenvalue weighted by Crippen LogP contribution is 2.31. The molecule has 27 heavy (non-hydrogen) atoms. The predicted molar refractivity (Wildman–Crippen MR) is 104 cm³/mol. The van der Waals surface area contributed by atoms with E-state index in [-0.39, 0.29) is 18.0 Å². The number of benzene rings is 3. The molecule has 0 fully saturated rings. The van der Waals surface area contributed by atoms with Gasteiger partial charge < -0.3 is 9.72 Å². The zero-order chi connectivity index (χ0) is 18.8. The first-order valence-corrected chi connectivity index (χ1v) is 8.65. The van der Waals surface area contributed by atoms with E-state index in [1.54, 1.807) is 54.6 Å². The summed E-state index contributed by atoms with van der Waals surface area (Å²) >= 11 is 6.13. The SMILES string of the molecule is O=c1[nH]c(-c2cc(Cl)ccc2OCc2ccccc2F)nc2ccccc12. The normalized spacial score (nSPS) is 10.9. The molecule has 0 aliphatic carbocycles. The Kier molecular flexibility index (Phi) is 4.60. The Morgan fingerprint density at radius 1 is 1.04 bits per heavy atom. The first kappa shape index (κ1) is 17.2. The standard InChI is InChI=1S/C21H14ClFN2O2/c22-14-9-10-19(27-12-13-5-1-3-7-17(13)23)16(11-14)20-24-18-8-4-2-6-15(18)21(26)25-20/h1-11H,12H2,(H,24,25,26). The van der Waals surface area contributed by atoms with Crippen molar-refractivity contribution >= 4 is 22.5 Å².